The van der Waals surface area contributed by atoms with Gasteiger partial charge in [-0.05, 0) is 69.5 Å². The number of benzene rings is 1. The summed E-state index contributed by atoms with van der Waals surface area (Å²) in [5.74, 6) is 2.81. The van der Waals surface area contributed by atoms with Crippen LogP contribution in [0.15, 0.2) is 16.7 Å². The molecule has 1 fully saturated rings. The topological polar surface area (TPSA) is 60.2 Å². The van der Waals surface area contributed by atoms with Crippen molar-refractivity contribution >= 4 is 0 Å². The highest BCUT2D eigenvalue weighted by atomic mass is 16.5. The molecule has 0 radical (unpaired) electrons. The van der Waals surface area contributed by atoms with E-state index in [2.05, 4.69) is 48.4 Å². The van der Waals surface area contributed by atoms with Gasteiger partial charge in [0.25, 0.3) is 0 Å². The van der Waals surface area contributed by atoms with Crippen LogP contribution in [0.25, 0.3) is 11.4 Å². The summed E-state index contributed by atoms with van der Waals surface area (Å²) in [6.45, 7) is 9.12. The maximum absolute atomic E-state index is 5.93. The standard InChI is InChI=1S/C19H27N3O2/c1-4-5-10-23-17-13(2)11-16(12-14(17)3)18-21-19(24-22-18)15-6-8-20-9-7-15/h11-12,15,20H,4-10H2,1-3H3. The van der Waals surface area contributed by atoms with Gasteiger partial charge in [0.15, 0.2) is 0 Å². The zero-order chi connectivity index (χ0) is 16.9. The third-order valence-corrected chi connectivity index (χ3v) is 4.59. The Bertz CT molecular complexity index is 652. The summed E-state index contributed by atoms with van der Waals surface area (Å²) in [5, 5.41) is 7.56. The van der Waals surface area contributed by atoms with Crippen molar-refractivity contribution in [1.82, 2.24) is 15.5 Å². The van der Waals surface area contributed by atoms with Crippen LogP contribution in [0.3, 0.4) is 0 Å². The first-order valence-corrected chi connectivity index (χ1v) is 8.97. The summed E-state index contributed by atoms with van der Waals surface area (Å²) in [7, 11) is 0. The van der Waals surface area contributed by atoms with Crippen molar-refractivity contribution < 1.29 is 9.26 Å². The molecule has 5 heteroatoms. The lowest BCUT2D eigenvalue weighted by Gasteiger charge is -2.18. The summed E-state index contributed by atoms with van der Waals surface area (Å²) in [6, 6.07) is 4.18. The minimum Gasteiger partial charge on any atom is -0.493 e. The predicted molar refractivity (Wildman–Crippen MR) is 94.5 cm³/mol. The van der Waals surface area contributed by atoms with E-state index in [0.29, 0.717) is 11.7 Å². The number of hydrogen-bond donors (Lipinski definition) is 1. The Morgan fingerprint density at radius 2 is 1.92 bits per heavy atom. The highest BCUT2D eigenvalue weighted by molar-refractivity contribution is 5.61. The number of piperidine rings is 1. The quantitative estimate of drug-likeness (QED) is 0.812. The zero-order valence-corrected chi connectivity index (χ0v) is 14.9. The molecule has 2 aromatic rings. The van der Waals surface area contributed by atoms with Gasteiger partial charge < -0.3 is 14.6 Å². The molecule has 0 spiro atoms. The lowest BCUT2D eigenvalue weighted by molar-refractivity contribution is 0.305. The average Bonchev–Trinajstić information content (AvgIpc) is 3.08. The Kier molecular flexibility index (Phi) is 5.51. The monoisotopic (exact) mass is 329 g/mol. The number of nitrogens with one attached hydrogen (secondary N) is 1. The fourth-order valence-electron chi connectivity index (χ4n) is 3.21. The normalized spacial score (nSPS) is 15.6. The van der Waals surface area contributed by atoms with E-state index in [1.807, 2.05) is 0 Å². The van der Waals surface area contributed by atoms with Crippen LogP contribution in [0.2, 0.25) is 0 Å². The van der Waals surface area contributed by atoms with Gasteiger partial charge in [0, 0.05) is 11.5 Å². The van der Waals surface area contributed by atoms with Gasteiger partial charge in [0.1, 0.15) is 5.75 Å². The molecule has 0 amide bonds. The minimum absolute atomic E-state index is 0.381. The van der Waals surface area contributed by atoms with E-state index in [1.54, 1.807) is 0 Å². The van der Waals surface area contributed by atoms with Crippen LogP contribution in [-0.4, -0.2) is 29.8 Å². The number of aromatic nitrogens is 2. The highest BCUT2D eigenvalue weighted by Crippen LogP contribution is 2.31. The van der Waals surface area contributed by atoms with Gasteiger partial charge in [-0.2, -0.15) is 4.98 Å². The lowest BCUT2D eigenvalue weighted by Crippen LogP contribution is -2.26. The molecule has 0 bridgehead atoms. The summed E-state index contributed by atoms with van der Waals surface area (Å²) < 4.78 is 11.5. The van der Waals surface area contributed by atoms with Crippen LogP contribution < -0.4 is 10.1 Å². The van der Waals surface area contributed by atoms with Crippen LogP contribution in [-0.2, 0) is 0 Å². The first kappa shape index (κ1) is 17.0. The number of nitrogens with zero attached hydrogens (tertiary/aromatic N) is 2. The van der Waals surface area contributed by atoms with Gasteiger partial charge in [-0.1, -0.05) is 18.5 Å². The van der Waals surface area contributed by atoms with E-state index in [4.69, 9.17) is 9.26 Å². The second-order valence-corrected chi connectivity index (χ2v) is 6.62. The Morgan fingerprint density at radius 1 is 1.21 bits per heavy atom. The molecule has 3 rings (SSSR count). The Labute approximate surface area is 143 Å². The van der Waals surface area contributed by atoms with Gasteiger partial charge in [0.2, 0.25) is 11.7 Å². The van der Waals surface area contributed by atoms with Crippen molar-refractivity contribution in [2.45, 2.75) is 52.4 Å². The van der Waals surface area contributed by atoms with Crippen molar-refractivity contribution in [2.75, 3.05) is 19.7 Å². The molecule has 0 saturated carbocycles. The Hall–Kier alpha value is -1.88. The third kappa shape index (κ3) is 3.78. The van der Waals surface area contributed by atoms with E-state index in [1.165, 1.54) is 0 Å². The summed E-state index contributed by atoms with van der Waals surface area (Å²) >= 11 is 0. The van der Waals surface area contributed by atoms with Crippen molar-refractivity contribution in [3.05, 3.63) is 29.2 Å². The number of unbranched alkanes of at least 4 members (excludes halogenated alkanes) is 1. The van der Waals surface area contributed by atoms with E-state index in [0.717, 1.165) is 73.7 Å². The van der Waals surface area contributed by atoms with Crippen LogP contribution in [0.5, 0.6) is 5.75 Å². The number of rotatable bonds is 6. The smallest absolute Gasteiger partial charge is 0.230 e. The van der Waals surface area contributed by atoms with E-state index in [9.17, 15) is 0 Å². The highest BCUT2D eigenvalue weighted by Gasteiger charge is 2.22. The van der Waals surface area contributed by atoms with Crippen LogP contribution in [0.1, 0.15) is 55.5 Å². The van der Waals surface area contributed by atoms with Crippen LogP contribution >= 0.6 is 0 Å². The number of ether oxygens (including phenoxy) is 1. The Morgan fingerprint density at radius 3 is 2.58 bits per heavy atom. The van der Waals surface area contributed by atoms with Crippen molar-refractivity contribution in [3.8, 4) is 17.1 Å². The fourth-order valence-corrected chi connectivity index (χ4v) is 3.21. The molecule has 0 unspecified atom stereocenters. The molecule has 1 aliphatic rings. The van der Waals surface area contributed by atoms with Gasteiger partial charge >= 0.3 is 0 Å². The first-order valence-electron chi connectivity index (χ1n) is 8.97. The van der Waals surface area contributed by atoms with E-state index >= 15 is 0 Å². The van der Waals surface area contributed by atoms with Crippen LogP contribution in [0, 0.1) is 13.8 Å². The van der Waals surface area contributed by atoms with E-state index < -0.39 is 0 Å². The van der Waals surface area contributed by atoms with Crippen molar-refractivity contribution in [3.63, 3.8) is 0 Å². The summed E-state index contributed by atoms with van der Waals surface area (Å²) in [4.78, 5) is 4.65. The number of aryl methyl sites for hydroxylation is 2. The van der Waals surface area contributed by atoms with Gasteiger partial charge in [-0.25, -0.2) is 0 Å². The fraction of sp³-hybridized carbons (Fsp3) is 0.579. The van der Waals surface area contributed by atoms with Gasteiger partial charge in [-0.15, -0.1) is 0 Å². The molecule has 1 aromatic carbocycles. The minimum atomic E-state index is 0.381. The molecule has 2 heterocycles. The lowest BCUT2D eigenvalue weighted by atomic mass is 9.98. The SMILES string of the molecule is CCCCOc1c(C)cc(-c2noc(C3CCNCC3)n2)cc1C. The second kappa shape index (κ2) is 7.79. The molecule has 0 atom stereocenters. The number of hydrogen-bond acceptors (Lipinski definition) is 5. The van der Waals surface area contributed by atoms with Crippen molar-refractivity contribution in [2.24, 2.45) is 0 Å². The summed E-state index contributed by atoms with van der Waals surface area (Å²) in [6.07, 6.45) is 4.33. The van der Waals surface area contributed by atoms with Crippen LogP contribution in [0.4, 0.5) is 0 Å². The van der Waals surface area contributed by atoms with Gasteiger partial charge in [0.05, 0.1) is 6.61 Å². The molecule has 0 aliphatic carbocycles. The third-order valence-electron chi connectivity index (χ3n) is 4.59. The molecule has 1 saturated heterocycles. The summed E-state index contributed by atoms with van der Waals surface area (Å²) in [5.41, 5.74) is 3.24. The molecule has 1 aromatic heterocycles. The average molecular weight is 329 g/mol. The largest absolute Gasteiger partial charge is 0.493 e. The second-order valence-electron chi connectivity index (χ2n) is 6.62. The molecule has 24 heavy (non-hydrogen) atoms. The maximum atomic E-state index is 5.93. The molecule has 1 aliphatic heterocycles. The predicted octanol–water partition coefficient (Wildman–Crippen LogP) is 4.00. The van der Waals surface area contributed by atoms with E-state index in [-0.39, 0.29) is 0 Å². The molecule has 5 nitrogen and oxygen atoms in total. The maximum Gasteiger partial charge on any atom is 0.230 e. The Balaban J connectivity index is 1.78. The molecular weight excluding hydrogens is 302 g/mol. The zero-order valence-electron chi connectivity index (χ0n) is 14.9. The molecular formula is C19H27N3O2. The molecule has 1 N–H and O–H groups in total. The molecule has 130 valence electrons. The first-order chi connectivity index (χ1) is 11.7. The van der Waals surface area contributed by atoms with Gasteiger partial charge in [-0.3, -0.25) is 0 Å². The van der Waals surface area contributed by atoms with Crippen molar-refractivity contribution in [1.29, 1.82) is 0 Å².